The van der Waals surface area contributed by atoms with E-state index in [1.165, 1.54) is 5.56 Å². The van der Waals surface area contributed by atoms with Crippen LogP contribution in [0, 0.1) is 0 Å². The Hall–Kier alpha value is -1.59. The summed E-state index contributed by atoms with van der Waals surface area (Å²) in [5.41, 5.74) is 1.40. The second kappa shape index (κ2) is 10.5. The van der Waals surface area contributed by atoms with Crippen molar-refractivity contribution in [1.29, 1.82) is 0 Å². The lowest BCUT2D eigenvalue weighted by atomic mass is 9.97. The topological polar surface area (TPSA) is 42.9 Å². The quantitative estimate of drug-likeness (QED) is 0.580. The second-order valence-corrected chi connectivity index (χ2v) is 7.74. The first-order valence-electron chi connectivity index (χ1n) is 9.95. The van der Waals surface area contributed by atoms with E-state index in [-0.39, 0.29) is 0 Å². The third-order valence-corrected chi connectivity index (χ3v) is 5.45. The van der Waals surface area contributed by atoms with E-state index in [1.807, 2.05) is 7.05 Å². The minimum absolute atomic E-state index is 0.492. The number of hydrogen-bond donors (Lipinski definition) is 2. The van der Waals surface area contributed by atoms with Gasteiger partial charge in [-0.1, -0.05) is 30.3 Å². The number of hydrogen-bond acceptors (Lipinski definition) is 3. The Labute approximate surface area is 159 Å². The van der Waals surface area contributed by atoms with Crippen molar-refractivity contribution in [3.63, 3.8) is 0 Å². The van der Waals surface area contributed by atoms with Gasteiger partial charge < -0.3 is 15.5 Å². The normalized spacial score (nSPS) is 22.0. The fraction of sp³-hybridized carbons (Fsp3) is 0.667. The van der Waals surface area contributed by atoms with Crippen LogP contribution in [-0.4, -0.2) is 67.6 Å². The van der Waals surface area contributed by atoms with Crippen molar-refractivity contribution < 1.29 is 0 Å². The molecule has 1 fully saturated rings. The van der Waals surface area contributed by atoms with Gasteiger partial charge in [-0.2, -0.15) is 0 Å². The number of benzene rings is 1. The molecule has 2 atom stereocenters. The summed E-state index contributed by atoms with van der Waals surface area (Å²) in [5, 5.41) is 7.07. The predicted octanol–water partition coefficient (Wildman–Crippen LogP) is 2.54. The van der Waals surface area contributed by atoms with E-state index in [0.29, 0.717) is 18.1 Å². The lowest BCUT2D eigenvalue weighted by molar-refractivity contribution is 0.134. The van der Waals surface area contributed by atoms with E-state index >= 15 is 0 Å². The molecule has 1 aromatic rings. The largest absolute Gasteiger partial charge is 0.355 e. The molecule has 0 saturated carbocycles. The maximum atomic E-state index is 4.40. The molecule has 0 bridgehead atoms. The molecule has 1 aliphatic heterocycles. The maximum Gasteiger partial charge on any atom is 0.191 e. The summed E-state index contributed by atoms with van der Waals surface area (Å²) in [6, 6.07) is 12.4. The van der Waals surface area contributed by atoms with E-state index < -0.39 is 0 Å². The van der Waals surface area contributed by atoms with Crippen LogP contribution in [0.5, 0.6) is 0 Å². The van der Waals surface area contributed by atoms with Crippen LogP contribution in [0.3, 0.4) is 0 Å². The van der Waals surface area contributed by atoms with Crippen LogP contribution in [0.1, 0.15) is 39.2 Å². The van der Waals surface area contributed by atoms with Gasteiger partial charge in [-0.3, -0.25) is 9.89 Å². The van der Waals surface area contributed by atoms with Crippen LogP contribution in [0.15, 0.2) is 35.3 Å². The zero-order chi connectivity index (χ0) is 18.9. The molecule has 146 valence electrons. The molecule has 0 aromatic heterocycles. The van der Waals surface area contributed by atoms with Gasteiger partial charge in [0.2, 0.25) is 0 Å². The van der Waals surface area contributed by atoms with Crippen LogP contribution in [-0.2, 0) is 6.54 Å². The minimum atomic E-state index is 0.492. The van der Waals surface area contributed by atoms with Gasteiger partial charge in [-0.25, -0.2) is 0 Å². The average Bonchev–Trinajstić information content (AvgIpc) is 2.63. The molecule has 1 heterocycles. The molecule has 5 heteroatoms. The number of guanidine groups is 1. The van der Waals surface area contributed by atoms with Gasteiger partial charge in [0.15, 0.2) is 5.96 Å². The van der Waals surface area contributed by atoms with Gasteiger partial charge in [0.1, 0.15) is 0 Å². The highest BCUT2D eigenvalue weighted by molar-refractivity contribution is 5.79. The lowest BCUT2D eigenvalue weighted by Gasteiger charge is -2.38. The first-order chi connectivity index (χ1) is 12.5. The van der Waals surface area contributed by atoms with Crippen molar-refractivity contribution in [3.05, 3.63) is 35.9 Å². The summed E-state index contributed by atoms with van der Waals surface area (Å²) in [5.74, 6) is 0.927. The number of rotatable bonds is 7. The van der Waals surface area contributed by atoms with E-state index in [4.69, 9.17) is 0 Å². The summed E-state index contributed by atoms with van der Waals surface area (Å²) >= 11 is 0. The van der Waals surface area contributed by atoms with Crippen LogP contribution < -0.4 is 10.6 Å². The summed E-state index contributed by atoms with van der Waals surface area (Å²) in [6.07, 6.45) is 2.31. The predicted molar refractivity (Wildman–Crippen MR) is 112 cm³/mol. The average molecular weight is 360 g/mol. The number of likely N-dealkylation sites (tertiary alicyclic amines) is 1. The number of aliphatic imine (C=N–C) groups is 1. The van der Waals surface area contributed by atoms with E-state index in [0.717, 1.165) is 45.0 Å². The van der Waals surface area contributed by atoms with E-state index in [1.54, 1.807) is 0 Å². The standard InChI is InChI=1S/C21H37N5/c1-17(2)25(5)14-12-23-21(22-4)24-20-11-13-26(18(3)15-20)16-19-9-7-6-8-10-19/h6-10,17-18,20H,11-16H2,1-5H3,(H2,22,23,24). The molecule has 5 nitrogen and oxygen atoms in total. The smallest absolute Gasteiger partial charge is 0.191 e. The van der Waals surface area contributed by atoms with E-state index in [9.17, 15) is 0 Å². The first kappa shape index (κ1) is 20.7. The van der Waals surface area contributed by atoms with Crippen LogP contribution in [0.2, 0.25) is 0 Å². The molecule has 1 aliphatic rings. The molecular weight excluding hydrogens is 322 g/mol. The maximum absolute atomic E-state index is 4.40. The fourth-order valence-corrected chi connectivity index (χ4v) is 3.40. The van der Waals surface area contributed by atoms with Gasteiger partial charge in [0.05, 0.1) is 0 Å². The number of likely N-dealkylation sites (N-methyl/N-ethyl adjacent to an activating group) is 1. The number of piperidine rings is 1. The van der Waals surface area contributed by atoms with Gasteiger partial charge in [-0.15, -0.1) is 0 Å². The molecule has 2 N–H and O–H groups in total. The van der Waals surface area contributed by atoms with Crippen molar-refractivity contribution in [1.82, 2.24) is 20.4 Å². The molecular formula is C21H37N5. The summed E-state index contributed by atoms with van der Waals surface area (Å²) in [6.45, 7) is 10.9. The molecule has 26 heavy (non-hydrogen) atoms. The molecule has 1 aromatic carbocycles. The first-order valence-corrected chi connectivity index (χ1v) is 9.95. The Kier molecular flexibility index (Phi) is 8.39. The van der Waals surface area contributed by atoms with Crippen molar-refractivity contribution in [2.75, 3.05) is 33.7 Å². The Morgan fingerprint density at radius 1 is 1.31 bits per heavy atom. The van der Waals surface area contributed by atoms with Gasteiger partial charge in [0, 0.05) is 51.4 Å². The molecule has 0 amide bonds. The number of nitrogens with zero attached hydrogens (tertiary/aromatic N) is 3. The summed E-state index contributed by atoms with van der Waals surface area (Å²) < 4.78 is 0. The van der Waals surface area contributed by atoms with E-state index in [2.05, 4.69) is 83.6 Å². The SMILES string of the molecule is CN=C(NCCN(C)C(C)C)NC1CCN(Cc2ccccc2)C(C)C1. The fourth-order valence-electron chi connectivity index (χ4n) is 3.40. The monoisotopic (exact) mass is 359 g/mol. The highest BCUT2D eigenvalue weighted by Gasteiger charge is 2.25. The van der Waals surface area contributed by atoms with Gasteiger partial charge in [0.25, 0.3) is 0 Å². The van der Waals surface area contributed by atoms with Crippen molar-refractivity contribution in [2.45, 2.75) is 58.3 Å². The Morgan fingerprint density at radius 3 is 2.65 bits per heavy atom. The summed E-state index contributed by atoms with van der Waals surface area (Å²) in [7, 11) is 4.02. The van der Waals surface area contributed by atoms with Crippen LogP contribution >= 0.6 is 0 Å². The second-order valence-electron chi connectivity index (χ2n) is 7.74. The zero-order valence-electron chi connectivity index (χ0n) is 17.2. The minimum Gasteiger partial charge on any atom is -0.355 e. The van der Waals surface area contributed by atoms with Crippen LogP contribution in [0.25, 0.3) is 0 Å². The summed E-state index contributed by atoms with van der Waals surface area (Å²) in [4.78, 5) is 9.32. The molecule has 2 rings (SSSR count). The third-order valence-electron chi connectivity index (χ3n) is 5.45. The van der Waals surface area contributed by atoms with Crippen molar-refractivity contribution >= 4 is 5.96 Å². The molecule has 2 unspecified atom stereocenters. The van der Waals surface area contributed by atoms with Crippen molar-refractivity contribution in [2.24, 2.45) is 4.99 Å². The van der Waals surface area contributed by atoms with Crippen molar-refractivity contribution in [3.8, 4) is 0 Å². The van der Waals surface area contributed by atoms with Crippen LogP contribution in [0.4, 0.5) is 0 Å². The Morgan fingerprint density at radius 2 is 2.04 bits per heavy atom. The highest BCUT2D eigenvalue weighted by Crippen LogP contribution is 2.19. The molecule has 0 radical (unpaired) electrons. The Bertz CT molecular complexity index is 543. The number of nitrogens with one attached hydrogen (secondary N) is 2. The molecule has 0 spiro atoms. The highest BCUT2D eigenvalue weighted by atomic mass is 15.2. The molecule has 0 aliphatic carbocycles. The third kappa shape index (κ3) is 6.61. The molecule has 1 saturated heterocycles. The van der Waals surface area contributed by atoms with Gasteiger partial charge in [-0.05, 0) is 46.2 Å². The zero-order valence-corrected chi connectivity index (χ0v) is 17.2. The lowest BCUT2D eigenvalue weighted by Crippen LogP contribution is -2.52. The van der Waals surface area contributed by atoms with Gasteiger partial charge >= 0.3 is 0 Å². The Balaban J connectivity index is 1.75.